The Morgan fingerprint density at radius 3 is 2.35 bits per heavy atom. The highest BCUT2D eigenvalue weighted by Gasteiger charge is 2.43. The molecule has 1 saturated heterocycles. The van der Waals surface area contributed by atoms with Gasteiger partial charge in [0.2, 0.25) is 0 Å². The number of carbonyl (C=O) groups is 2. The minimum atomic E-state index is -0.521. The quantitative estimate of drug-likeness (QED) is 0.799. The Morgan fingerprint density at radius 1 is 1.04 bits per heavy atom. The van der Waals surface area contributed by atoms with Crippen LogP contribution in [0.3, 0.4) is 0 Å². The van der Waals surface area contributed by atoms with Crippen molar-refractivity contribution < 1.29 is 9.59 Å². The first-order valence-electron chi connectivity index (χ1n) is 7.43. The summed E-state index contributed by atoms with van der Waals surface area (Å²) in [5.74, 6) is -0.213. The molecule has 1 heterocycles. The highest BCUT2D eigenvalue weighted by molar-refractivity contribution is 6.31. The van der Waals surface area contributed by atoms with Crippen LogP contribution in [0.2, 0.25) is 5.02 Å². The van der Waals surface area contributed by atoms with Gasteiger partial charge in [-0.25, -0.2) is 4.79 Å². The van der Waals surface area contributed by atoms with Gasteiger partial charge in [0.15, 0.2) is 0 Å². The maximum atomic E-state index is 12.7. The zero-order valence-corrected chi connectivity index (χ0v) is 13.7. The number of urea groups is 1. The smallest absolute Gasteiger partial charge is 0.282 e. The summed E-state index contributed by atoms with van der Waals surface area (Å²) in [5, 5.41) is 0.550. The van der Waals surface area contributed by atoms with Gasteiger partial charge in [0.05, 0.1) is 6.54 Å². The van der Waals surface area contributed by atoms with Gasteiger partial charge < -0.3 is 0 Å². The molecule has 4 nitrogen and oxygen atoms in total. The van der Waals surface area contributed by atoms with Gasteiger partial charge in [-0.05, 0) is 37.6 Å². The summed E-state index contributed by atoms with van der Waals surface area (Å²) in [6.45, 7) is 3.91. The van der Waals surface area contributed by atoms with Gasteiger partial charge in [0, 0.05) is 10.7 Å². The number of amides is 3. The lowest BCUT2D eigenvalue weighted by atomic mass is 10.2. The number of hydrogen-bond donors (Lipinski definition) is 0. The second-order valence-corrected chi connectivity index (χ2v) is 6.09. The summed E-state index contributed by atoms with van der Waals surface area (Å²) >= 11 is 6.14. The minimum absolute atomic E-state index is 0.185. The van der Waals surface area contributed by atoms with E-state index in [2.05, 4.69) is 0 Å². The number of carbonyl (C=O) groups excluding carboxylic acids is 2. The Labute approximate surface area is 140 Å². The lowest BCUT2D eigenvalue weighted by molar-refractivity contribution is -0.127. The molecule has 0 N–H and O–H groups in total. The minimum Gasteiger partial charge on any atom is -0.282 e. The highest BCUT2D eigenvalue weighted by atomic mass is 35.5. The lowest BCUT2D eigenvalue weighted by Crippen LogP contribution is -2.33. The molecule has 0 aliphatic carbocycles. The molecule has 2 aromatic carbocycles. The molecule has 23 heavy (non-hydrogen) atoms. The average Bonchev–Trinajstić information content (AvgIpc) is 2.74. The molecule has 1 atom stereocenters. The maximum absolute atomic E-state index is 12.7. The molecule has 0 aromatic heterocycles. The molecule has 0 bridgehead atoms. The van der Waals surface area contributed by atoms with Gasteiger partial charge in [-0.2, -0.15) is 0 Å². The van der Waals surface area contributed by atoms with Gasteiger partial charge in [0.1, 0.15) is 6.04 Å². The average molecular weight is 329 g/mol. The van der Waals surface area contributed by atoms with E-state index in [-0.39, 0.29) is 18.5 Å². The first kappa shape index (κ1) is 15.6. The SMILES string of the molecule is Cc1ccc(N2C(=O)N(Cc3ccccc3Cl)C(=O)C2C)cc1. The Bertz CT molecular complexity index is 758. The van der Waals surface area contributed by atoms with E-state index in [4.69, 9.17) is 11.6 Å². The van der Waals surface area contributed by atoms with Crippen molar-refractivity contribution in [3.8, 4) is 0 Å². The second kappa shape index (κ2) is 6.05. The number of imide groups is 1. The number of benzene rings is 2. The summed E-state index contributed by atoms with van der Waals surface area (Å²) in [5.41, 5.74) is 2.59. The Hall–Kier alpha value is -2.33. The van der Waals surface area contributed by atoms with Gasteiger partial charge in [-0.1, -0.05) is 47.5 Å². The predicted molar refractivity (Wildman–Crippen MR) is 90.5 cm³/mol. The van der Waals surface area contributed by atoms with E-state index in [1.165, 1.54) is 9.80 Å². The molecule has 1 aliphatic heterocycles. The fourth-order valence-electron chi connectivity index (χ4n) is 2.71. The standard InChI is InChI=1S/C18H17ClN2O2/c1-12-7-9-15(10-8-12)21-13(2)17(22)20(18(21)23)11-14-5-3-4-6-16(14)19/h3-10,13H,11H2,1-2H3. The number of anilines is 1. The van der Waals surface area contributed by atoms with Crippen LogP contribution in [0, 0.1) is 6.92 Å². The van der Waals surface area contributed by atoms with Crippen LogP contribution in [0.4, 0.5) is 10.5 Å². The van der Waals surface area contributed by atoms with Crippen LogP contribution in [0.15, 0.2) is 48.5 Å². The van der Waals surface area contributed by atoms with Crippen molar-refractivity contribution in [1.82, 2.24) is 4.90 Å². The van der Waals surface area contributed by atoms with Crippen molar-refractivity contribution >= 4 is 29.2 Å². The van der Waals surface area contributed by atoms with Gasteiger partial charge >= 0.3 is 6.03 Å². The van der Waals surface area contributed by atoms with Crippen molar-refractivity contribution in [2.75, 3.05) is 4.90 Å². The number of nitrogens with zero attached hydrogens (tertiary/aromatic N) is 2. The molecule has 2 aromatic rings. The molecule has 3 amide bonds. The summed E-state index contributed by atoms with van der Waals surface area (Å²) in [7, 11) is 0. The molecule has 1 aliphatic rings. The summed E-state index contributed by atoms with van der Waals surface area (Å²) in [6, 6.07) is 14.0. The fourth-order valence-corrected chi connectivity index (χ4v) is 2.90. The largest absolute Gasteiger partial charge is 0.332 e. The van der Waals surface area contributed by atoms with Gasteiger partial charge in [-0.15, -0.1) is 0 Å². The summed E-state index contributed by atoms with van der Waals surface area (Å²) in [4.78, 5) is 28.0. The topological polar surface area (TPSA) is 40.6 Å². The zero-order chi connectivity index (χ0) is 16.6. The van der Waals surface area contributed by atoms with Crippen molar-refractivity contribution in [3.05, 3.63) is 64.7 Å². The monoisotopic (exact) mass is 328 g/mol. The molecule has 5 heteroatoms. The molecule has 3 rings (SSSR count). The normalized spacial score (nSPS) is 18.0. The van der Waals surface area contributed by atoms with Crippen LogP contribution in [0.25, 0.3) is 0 Å². The molecular formula is C18H17ClN2O2. The lowest BCUT2D eigenvalue weighted by Gasteiger charge is -2.19. The molecule has 1 fully saturated rings. The van der Waals surface area contributed by atoms with Crippen LogP contribution in [-0.4, -0.2) is 22.9 Å². The van der Waals surface area contributed by atoms with Crippen molar-refractivity contribution in [2.45, 2.75) is 26.4 Å². The maximum Gasteiger partial charge on any atom is 0.332 e. The van der Waals surface area contributed by atoms with Crippen molar-refractivity contribution in [3.63, 3.8) is 0 Å². The third-order valence-corrected chi connectivity index (χ3v) is 4.41. The van der Waals surface area contributed by atoms with Crippen LogP contribution in [0.5, 0.6) is 0 Å². The van der Waals surface area contributed by atoms with Crippen LogP contribution in [-0.2, 0) is 11.3 Å². The van der Waals surface area contributed by atoms with Gasteiger partial charge in [-0.3, -0.25) is 14.6 Å². The summed E-state index contributed by atoms with van der Waals surface area (Å²) in [6.07, 6.45) is 0. The van der Waals surface area contributed by atoms with Crippen molar-refractivity contribution in [2.24, 2.45) is 0 Å². The number of hydrogen-bond acceptors (Lipinski definition) is 2. The molecule has 0 saturated carbocycles. The number of aryl methyl sites for hydroxylation is 1. The number of rotatable bonds is 3. The van der Waals surface area contributed by atoms with Crippen LogP contribution < -0.4 is 4.90 Å². The van der Waals surface area contributed by atoms with E-state index >= 15 is 0 Å². The third-order valence-electron chi connectivity index (χ3n) is 4.05. The van der Waals surface area contributed by atoms with E-state index < -0.39 is 6.04 Å². The van der Waals surface area contributed by atoms with E-state index in [9.17, 15) is 9.59 Å². The first-order valence-corrected chi connectivity index (χ1v) is 7.81. The Kier molecular flexibility index (Phi) is 4.09. The second-order valence-electron chi connectivity index (χ2n) is 5.68. The molecule has 0 spiro atoms. The van der Waals surface area contributed by atoms with E-state index in [0.717, 1.165) is 16.8 Å². The Morgan fingerprint density at radius 2 is 1.70 bits per heavy atom. The van der Waals surface area contributed by atoms with Crippen molar-refractivity contribution in [1.29, 1.82) is 0 Å². The van der Waals surface area contributed by atoms with E-state index in [1.807, 2.05) is 49.4 Å². The Balaban J connectivity index is 1.89. The van der Waals surface area contributed by atoms with Gasteiger partial charge in [0.25, 0.3) is 5.91 Å². The molecular weight excluding hydrogens is 312 g/mol. The number of halogens is 1. The third kappa shape index (κ3) is 2.82. The van der Waals surface area contributed by atoms with E-state index in [1.54, 1.807) is 13.0 Å². The zero-order valence-electron chi connectivity index (χ0n) is 13.0. The molecule has 1 unspecified atom stereocenters. The highest BCUT2D eigenvalue weighted by Crippen LogP contribution is 2.28. The predicted octanol–water partition coefficient (Wildman–Crippen LogP) is 4.01. The summed E-state index contributed by atoms with van der Waals surface area (Å²) < 4.78 is 0. The fraction of sp³-hybridized carbons (Fsp3) is 0.222. The molecule has 0 radical (unpaired) electrons. The van der Waals surface area contributed by atoms with Crippen LogP contribution >= 0.6 is 11.6 Å². The van der Waals surface area contributed by atoms with Crippen LogP contribution in [0.1, 0.15) is 18.1 Å². The first-order chi connectivity index (χ1) is 11.0. The van der Waals surface area contributed by atoms with E-state index in [0.29, 0.717) is 5.02 Å². The molecule has 118 valence electrons.